The molecule has 2 amide bonds. The summed E-state index contributed by atoms with van der Waals surface area (Å²) in [6.07, 6.45) is 1.57. The fourth-order valence-corrected chi connectivity index (χ4v) is 3.71. The van der Waals surface area contributed by atoms with Gasteiger partial charge in [0.1, 0.15) is 5.15 Å². The first-order chi connectivity index (χ1) is 12.6. The van der Waals surface area contributed by atoms with Gasteiger partial charge in [-0.25, -0.2) is 18.2 Å². The van der Waals surface area contributed by atoms with Crippen LogP contribution in [-0.4, -0.2) is 36.8 Å². The summed E-state index contributed by atoms with van der Waals surface area (Å²) in [5.74, 6) is 0. The van der Waals surface area contributed by atoms with E-state index >= 15 is 0 Å². The van der Waals surface area contributed by atoms with Crippen LogP contribution in [-0.2, 0) is 16.6 Å². The number of anilines is 1. The monoisotopic (exact) mass is 410 g/mol. The molecule has 7 nitrogen and oxygen atoms in total. The number of carbonyl (C=O) groups excluding carboxylic acids is 1. The van der Waals surface area contributed by atoms with Crippen LogP contribution in [0.2, 0.25) is 5.15 Å². The second-order valence-electron chi connectivity index (χ2n) is 6.39. The zero-order valence-electron chi connectivity index (χ0n) is 15.7. The van der Waals surface area contributed by atoms with Crippen molar-refractivity contribution in [3.63, 3.8) is 0 Å². The summed E-state index contributed by atoms with van der Waals surface area (Å²) >= 11 is 5.73. The molecule has 0 saturated heterocycles. The van der Waals surface area contributed by atoms with Crippen molar-refractivity contribution in [2.75, 3.05) is 12.4 Å². The van der Waals surface area contributed by atoms with Crippen LogP contribution in [0.3, 0.4) is 0 Å². The van der Waals surface area contributed by atoms with Crippen molar-refractivity contribution in [3.8, 4) is 0 Å². The lowest BCUT2D eigenvalue weighted by atomic mass is 10.2. The van der Waals surface area contributed by atoms with Crippen LogP contribution in [0.15, 0.2) is 41.4 Å². The topological polar surface area (TPSA) is 91.4 Å². The number of aryl methyl sites for hydroxylation is 1. The molecule has 2 rings (SSSR count). The Morgan fingerprint density at radius 1 is 1.26 bits per heavy atom. The molecule has 0 fully saturated rings. The molecule has 0 unspecified atom stereocenters. The van der Waals surface area contributed by atoms with Gasteiger partial charge in [0, 0.05) is 31.5 Å². The number of halogens is 1. The SMILES string of the molecule is Cc1ccc(S(=O)(=O)N(C)C(C)C)cc1NC(=O)NCc1ccc(Cl)nc1. The molecule has 146 valence electrons. The number of carbonyl (C=O) groups is 1. The molecular formula is C18H23ClN4O3S. The summed E-state index contributed by atoms with van der Waals surface area (Å²) in [5.41, 5.74) is 1.98. The van der Waals surface area contributed by atoms with Crippen LogP contribution in [0.4, 0.5) is 10.5 Å². The number of urea groups is 1. The number of hydrogen-bond donors (Lipinski definition) is 2. The van der Waals surface area contributed by atoms with Gasteiger partial charge in [-0.1, -0.05) is 23.7 Å². The van der Waals surface area contributed by atoms with Crippen molar-refractivity contribution in [3.05, 3.63) is 52.8 Å². The van der Waals surface area contributed by atoms with Gasteiger partial charge >= 0.3 is 6.03 Å². The highest BCUT2D eigenvalue weighted by Crippen LogP contribution is 2.23. The standard InChI is InChI=1S/C18H23ClN4O3S/c1-12(2)23(4)27(25,26)15-7-5-13(3)16(9-15)22-18(24)21-11-14-6-8-17(19)20-10-14/h5-10,12H,11H2,1-4H3,(H2,21,22,24). The quantitative estimate of drug-likeness (QED) is 0.714. The van der Waals surface area contributed by atoms with Crippen molar-refractivity contribution in [1.29, 1.82) is 0 Å². The van der Waals surface area contributed by atoms with E-state index in [1.54, 1.807) is 45.2 Å². The number of nitrogens with one attached hydrogen (secondary N) is 2. The Morgan fingerprint density at radius 2 is 1.96 bits per heavy atom. The molecule has 9 heteroatoms. The van der Waals surface area contributed by atoms with Gasteiger partial charge in [0.2, 0.25) is 10.0 Å². The Morgan fingerprint density at radius 3 is 2.56 bits per heavy atom. The van der Waals surface area contributed by atoms with Gasteiger partial charge in [-0.2, -0.15) is 4.31 Å². The summed E-state index contributed by atoms with van der Waals surface area (Å²) < 4.78 is 26.6. The maximum Gasteiger partial charge on any atom is 0.319 e. The first-order valence-electron chi connectivity index (χ1n) is 8.35. The molecule has 0 atom stereocenters. The van der Waals surface area contributed by atoms with E-state index in [-0.39, 0.29) is 17.5 Å². The van der Waals surface area contributed by atoms with E-state index in [0.29, 0.717) is 10.8 Å². The van der Waals surface area contributed by atoms with Gasteiger partial charge in [-0.15, -0.1) is 0 Å². The Labute approximate surface area is 164 Å². The van der Waals surface area contributed by atoms with E-state index in [1.165, 1.54) is 23.5 Å². The van der Waals surface area contributed by atoms with Crippen LogP contribution in [0.1, 0.15) is 25.0 Å². The van der Waals surface area contributed by atoms with Crippen molar-refractivity contribution < 1.29 is 13.2 Å². The average Bonchev–Trinajstić information content (AvgIpc) is 2.62. The van der Waals surface area contributed by atoms with Crippen molar-refractivity contribution in [1.82, 2.24) is 14.6 Å². The molecular weight excluding hydrogens is 388 g/mol. The smallest absolute Gasteiger partial charge is 0.319 e. The minimum absolute atomic E-state index is 0.126. The molecule has 2 aromatic rings. The maximum atomic E-state index is 12.6. The number of sulfonamides is 1. The number of pyridine rings is 1. The lowest BCUT2D eigenvalue weighted by Crippen LogP contribution is -2.33. The highest BCUT2D eigenvalue weighted by Gasteiger charge is 2.23. The summed E-state index contributed by atoms with van der Waals surface area (Å²) in [6.45, 7) is 5.65. The normalized spacial score (nSPS) is 11.7. The number of aromatic nitrogens is 1. The molecule has 0 aliphatic rings. The lowest BCUT2D eigenvalue weighted by Gasteiger charge is -2.21. The Bertz CT molecular complexity index is 915. The highest BCUT2D eigenvalue weighted by molar-refractivity contribution is 7.89. The zero-order valence-corrected chi connectivity index (χ0v) is 17.2. The molecule has 0 radical (unpaired) electrons. The average molecular weight is 411 g/mol. The van der Waals surface area contributed by atoms with E-state index in [2.05, 4.69) is 15.6 Å². The van der Waals surface area contributed by atoms with Crippen LogP contribution in [0.5, 0.6) is 0 Å². The van der Waals surface area contributed by atoms with E-state index in [1.807, 2.05) is 0 Å². The number of rotatable bonds is 6. The summed E-state index contributed by atoms with van der Waals surface area (Å²) in [6, 6.07) is 7.44. The number of nitrogens with zero attached hydrogens (tertiary/aromatic N) is 2. The van der Waals surface area contributed by atoms with Gasteiger partial charge in [0.15, 0.2) is 0 Å². The van der Waals surface area contributed by atoms with Crippen molar-refractivity contribution in [2.24, 2.45) is 0 Å². The van der Waals surface area contributed by atoms with E-state index < -0.39 is 16.1 Å². The highest BCUT2D eigenvalue weighted by atomic mass is 35.5. The largest absolute Gasteiger partial charge is 0.334 e. The summed E-state index contributed by atoms with van der Waals surface area (Å²) in [5, 5.41) is 5.77. The van der Waals surface area contributed by atoms with Crippen molar-refractivity contribution >= 4 is 33.3 Å². The van der Waals surface area contributed by atoms with Gasteiger partial charge in [0.05, 0.1) is 4.90 Å². The fourth-order valence-electron chi connectivity index (χ4n) is 2.20. The first kappa shape index (κ1) is 21.1. The lowest BCUT2D eigenvalue weighted by molar-refractivity contribution is 0.251. The Balaban J connectivity index is 2.11. The fraction of sp³-hybridized carbons (Fsp3) is 0.333. The van der Waals surface area contributed by atoms with Crippen molar-refractivity contribution in [2.45, 2.75) is 38.3 Å². The molecule has 0 aliphatic carbocycles. The second kappa shape index (κ2) is 8.69. The Kier molecular flexibility index (Phi) is 6.80. The molecule has 27 heavy (non-hydrogen) atoms. The van der Waals surface area contributed by atoms with Gasteiger partial charge in [-0.05, 0) is 50.1 Å². The zero-order chi connectivity index (χ0) is 20.2. The molecule has 1 aromatic carbocycles. The maximum absolute atomic E-state index is 12.6. The third-order valence-electron chi connectivity index (χ3n) is 4.10. The molecule has 0 aliphatic heterocycles. The first-order valence-corrected chi connectivity index (χ1v) is 10.2. The number of hydrogen-bond acceptors (Lipinski definition) is 4. The summed E-state index contributed by atoms with van der Waals surface area (Å²) in [7, 11) is -2.10. The molecule has 0 spiro atoms. The molecule has 2 N–H and O–H groups in total. The van der Waals surface area contributed by atoms with Gasteiger partial charge in [-0.3, -0.25) is 0 Å². The molecule has 1 heterocycles. The van der Waals surface area contributed by atoms with Crippen LogP contribution in [0.25, 0.3) is 0 Å². The second-order valence-corrected chi connectivity index (χ2v) is 8.77. The predicted molar refractivity (Wildman–Crippen MR) is 106 cm³/mol. The van der Waals surface area contributed by atoms with Crippen LogP contribution >= 0.6 is 11.6 Å². The Hall–Kier alpha value is -2.16. The molecule has 1 aromatic heterocycles. The molecule has 0 bridgehead atoms. The predicted octanol–water partition coefficient (Wildman–Crippen LogP) is 3.39. The van der Waals surface area contributed by atoms with E-state index in [0.717, 1.165) is 11.1 Å². The molecule has 0 saturated carbocycles. The third-order valence-corrected chi connectivity index (χ3v) is 6.36. The van der Waals surface area contributed by atoms with Crippen LogP contribution < -0.4 is 10.6 Å². The number of benzene rings is 1. The number of amides is 2. The van der Waals surface area contributed by atoms with E-state index in [9.17, 15) is 13.2 Å². The van der Waals surface area contributed by atoms with Gasteiger partial charge in [0.25, 0.3) is 0 Å². The minimum atomic E-state index is -3.63. The third kappa shape index (κ3) is 5.41. The minimum Gasteiger partial charge on any atom is -0.334 e. The van der Waals surface area contributed by atoms with Gasteiger partial charge < -0.3 is 10.6 Å². The van der Waals surface area contributed by atoms with Crippen LogP contribution in [0, 0.1) is 6.92 Å². The summed E-state index contributed by atoms with van der Waals surface area (Å²) in [4.78, 5) is 16.3. The van der Waals surface area contributed by atoms with E-state index in [4.69, 9.17) is 11.6 Å².